The first-order valence-electron chi connectivity index (χ1n) is 3.06. The fourth-order valence-electron chi connectivity index (χ4n) is 0.756. The highest BCUT2D eigenvalue weighted by Gasteiger charge is 2.07. The van der Waals surface area contributed by atoms with Crippen LogP contribution in [0.1, 0.15) is 19.8 Å². The lowest BCUT2D eigenvalue weighted by Gasteiger charge is -2.16. The lowest BCUT2D eigenvalue weighted by atomic mass is 10.2. The predicted molar refractivity (Wildman–Crippen MR) is 49.0 cm³/mol. The summed E-state index contributed by atoms with van der Waals surface area (Å²) in [7, 11) is 0. The molecule has 0 amide bonds. The summed E-state index contributed by atoms with van der Waals surface area (Å²) in [6, 6.07) is 0. The number of ether oxygens (including phenoxy) is 1. The van der Waals surface area contributed by atoms with Gasteiger partial charge in [-0.1, -0.05) is 25.2 Å². The monoisotopic (exact) mass is 238 g/mol. The van der Waals surface area contributed by atoms with E-state index in [1.165, 1.54) is 16.4 Å². The van der Waals surface area contributed by atoms with Gasteiger partial charge < -0.3 is 4.74 Å². The second kappa shape index (κ2) is 3.34. The molecule has 0 aromatic carbocycles. The molecule has 0 bridgehead atoms. The van der Waals surface area contributed by atoms with Crippen molar-refractivity contribution in [3.8, 4) is 0 Å². The van der Waals surface area contributed by atoms with Crippen molar-refractivity contribution in [2.24, 2.45) is 0 Å². The first kappa shape index (κ1) is 7.25. The zero-order valence-electron chi connectivity index (χ0n) is 5.56. The van der Waals surface area contributed by atoms with E-state index in [9.17, 15) is 0 Å². The van der Waals surface area contributed by atoms with E-state index in [4.69, 9.17) is 4.74 Å². The molecule has 1 unspecified atom stereocenters. The SMILES string of the molecule is C=IC1=COC(C)CC1. The number of halogens is 1. The molecule has 0 radical (unpaired) electrons. The highest BCUT2D eigenvalue weighted by atomic mass is 127. The zero-order chi connectivity index (χ0) is 6.69. The van der Waals surface area contributed by atoms with Crippen molar-refractivity contribution < 1.29 is 4.74 Å². The van der Waals surface area contributed by atoms with Gasteiger partial charge in [-0.15, -0.1) is 0 Å². The maximum Gasteiger partial charge on any atom is 0.0954 e. The topological polar surface area (TPSA) is 9.23 Å². The van der Waals surface area contributed by atoms with Crippen LogP contribution in [0.5, 0.6) is 0 Å². The van der Waals surface area contributed by atoms with E-state index in [2.05, 4.69) is 11.4 Å². The Morgan fingerprint density at radius 3 is 3.11 bits per heavy atom. The Kier molecular flexibility index (Phi) is 2.69. The molecular weight excluding hydrogens is 227 g/mol. The molecule has 1 aliphatic rings. The molecule has 1 atom stereocenters. The van der Waals surface area contributed by atoms with Gasteiger partial charge in [-0.05, 0) is 19.8 Å². The van der Waals surface area contributed by atoms with Crippen LogP contribution in [0.3, 0.4) is 0 Å². The van der Waals surface area contributed by atoms with Crippen LogP contribution < -0.4 is 0 Å². The van der Waals surface area contributed by atoms with Crippen molar-refractivity contribution in [3.05, 3.63) is 9.84 Å². The summed E-state index contributed by atoms with van der Waals surface area (Å²) in [4.78, 5) is 0. The van der Waals surface area contributed by atoms with Crippen molar-refractivity contribution in [2.45, 2.75) is 25.9 Å². The van der Waals surface area contributed by atoms with Crippen molar-refractivity contribution in [2.75, 3.05) is 0 Å². The fraction of sp³-hybridized carbons (Fsp3) is 0.571. The number of rotatable bonds is 1. The Bertz CT molecular complexity index is 140. The quantitative estimate of drug-likeness (QED) is 0.637. The molecule has 9 heavy (non-hydrogen) atoms. The van der Waals surface area contributed by atoms with Crippen LogP contribution in [0.4, 0.5) is 0 Å². The van der Waals surface area contributed by atoms with E-state index < -0.39 is 0 Å². The Morgan fingerprint density at radius 1 is 1.89 bits per heavy atom. The van der Waals surface area contributed by atoms with Crippen molar-refractivity contribution in [1.29, 1.82) is 0 Å². The molecule has 52 valence electrons. The summed E-state index contributed by atoms with van der Waals surface area (Å²) in [6.45, 7) is 2.11. The second-order valence-electron chi connectivity index (χ2n) is 2.18. The molecule has 0 N–H and O–H groups in total. The lowest BCUT2D eigenvalue weighted by Crippen LogP contribution is -2.07. The van der Waals surface area contributed by atoms with Crippen LogP contribution in [0.25, 0.3) is 0 Å². The van der Waals surface area contributed by atoms with Gasteiger partial charge in [0.1, 0.15) is 0 Å². The third-order valence-corrected chi connectivity index (χ3v) is 3.16. The van der Waals surface area contributed by atoms with Gasteiger partial charge in [0.05, 0.1) is 12.4 Å². The van der Waals surface area contributed by atoms with E-state index in [-0.39, 0.29) is 20.7 Å². The third kappa shape index (κ3) is 2.08. The molecule has 0 saturated carbocycles. The minimum Gasteiger partial charge on any atom is -0.498 e. The Balaban J connectivity index is 2.49. The van der Waals surface area contributed by atoms with E-state index >= 15 is 0 Å². The lowest BCUT2D eigenvalue weighted by molar-refractivity contribution is 0.140. The molecular formula is C7H11IO. The summed E-state index contributed by atoms with van der Waals surface area (Å²) in [5.41, 5.74) is 0. The van der Waals surface area contributed by atoms with Crippen LogP contribution in [0.15, 0.2) is 9.84 Å². The largest absolute Gasteiger partial charge is 0.498 e. The molecule has 1 aliphatic heterocycles. The smallest absolute Gasteiger partial charge is 0.0954 e. The number of allylic oxidation sites excluding steroid dienone is 1. The van der Waals surface area contributed by atoms with Gasteiger partial charge in [0.2, 0.25) is 0 Å². The predicted octanol–water partition coefficient (Wildman–Crippen LogP) is 2.43. The minimum absolute atomic E-state index is 0.0530. The van der Waals surface area contributed by atoms with E-state index in [0.717, 1.165) is 0 Å². The number of hydrogen-bond acceptors (Lipinski definition) is 1. The van der Waals surface area contributed by atoms with Gasteiger partial charge in [0.25, 0.3) is 0 Å². The van der Waals surface area contributed by atoms with Crippen LogP contribution in [0, 0.1) is 0 Å². The average molecular weight is 238 g/mol. The van der Waals surface area contributed by atoms with Crippen LogP contribution in [-0.4, -0.2) is 10.6 Å². The van der Waals surface area contributed by atoms with Gasteiger partial charge >= 0.3 is 0 Å². The molecule has 0 saturated heterocycles. The van der Waals surface area contributed by atoms with Crippen molar-refractivity contribution in [1.82, 2.24) is 0 Å². The highest BCUT2D eigenvalue weighted by molar-refractivity contribution is 14.2. The third-order valence-electron chi connectivity index (χ3n) is 1.39. The van der Waals surface area contributed by atoms with Gasteiger partial charge in [-0.25, -0.2) is 0 Å². The van der Waals surface area contributed by atoms with E-state index in [1.807, 2.05) is 6.26 Å². The maximum atomic E-state index is 5.31. The Morgan fingerprint density at radius 2 is 2.67 bits per heavy atom. The Hall–Kier alpha value is 0.140. The molecule has 0 spiro atoms. The first-order valence-corrected chi connectivity index (χ1v) is 5.66. The van der Waals surface area contributed by atoms with Crippen LogP contribution in [-0.2, 0) is 4.74 Å². The van der Waals surface area contributed by atoms with Crippen molar-refractivity contribution in [3.63, 3.8) is 0 Å². The summed E-state index contributed by atoms with van der Waals surface area (Å²) in [5, 5.41) is 0. The van der Waals surface area contributed by atoms with Gasteiger partial charge in [-0.2, -0.15) is 0 Å². The summed E-state index contributed by atoms with van der Waals surface area (Å²) >= 11 is 0.0530. The number of hydrogen-bond donors (Lipinski definition) is 0. The van der Waals surface area contributed by atoms with E-state index in [1.54, 1.807) is 0 Å². The molecule has 0 aliphatic carbocycles. The minimum atomic E-state index is 0.0530. The molecule has 0 aromatic heterocycles. The summed E-state index contributed by atoms with van der Waals surface area (Å²) < 4.78 is 10.7. The summed E-state index contributed by atoms with van der Waals surface area (Å²) in [6.07, 6.45) is 4.75. The molecule has 1 rings (SSSR count). The second-order valence-corrected chi connectivity index (χ2v) is 4.33. The normalized spacial score (nSPS) is 26.8. The first-order chi connectivity index (χ1) is 4.33. The van der Waals surface area contributed by atoms with Gasteiger partial charge in [-0.3, -0.25) is 0 Å². The van der Waals surface area contributed by atoms with Gasteiger partial charge in [0, 0.05) is 3.58 Å². The standard InChI is InChI=1S/C7H11IO/c1-6-3-4-7(8-2)5-9-6/h5-6H,2-4H2,1H3. The molecule has 0 fully saturated rings. The highest BCUT2D eigenvalue weighted by Crippen LogP contribution is 2.24. The average Bonchev–Trinajstić information content (AvgIpc) is 1.90. The van der Waals surface area contributed by atoms with Crippen LogP contribution in [0.2, 0.25) is 0 Å². The molecule has 2 heteroatoms. The molecule has 0 aromatic rings. The van der Waals surface area contributed by atoms with Crippen LogP contribution >= 0.6 is 20.7 Å². The Labute approximate surface area is 65.8 Å². The van der Waals surface area contributed by atoms with Crippen molar-refractivity contribution >= 4 is 25.2 Å². The summed E-state index contributed by atoms with van der Waals surface area (Å²) in [5.74, 6) is 0. The fourth-order valence-corrected chi connectivity index (χ4v) is 1.78. The maximum absolute atomic E-state index is 5.31. The van der Waals surface area contributed by atoms with Gasteiger partial charge in [0.15, 0.2) is 0 Å². The molecule has 1 heterocycles. The zero-order valence-corrected chi connectivity index (χ0v) is 7.72. The molecule has 1 nitrogen and oxygen atoms in total. The van der Waals surface area contributed by atoms with E-state index in [0.29, 0.717) is 6.10 Å².